The van der Waals surface area contributed by atoms with Crippen LogP contribution in [-0.4, -0.2) is 0 Å². The fraction of sp³-hybridized carbons (Fsp3) is 0. The molecule has 0 aromatic heterocycles. The first-order chi connectivity index (χ1) is 8.29. The monoisotopic (exact) mass is 239 g/mol. The van der Waals surface area contributed by atoms with Gasteiger partial charge in [0, 0.05) is 11.1 Å². The minimum atomic E-state index is 0.731. The Labute approximate surface area is 106 Å². The van der Waals surface area contributed by atoms with E-state index in [1.165, 1.54) is 6.08 Å². The Morgan fingerprint density at radius 2 is 1.76 bits per heavy atom. The van der Waals surface area contributed by atoms with Gasteiger partial charge in [-0.1, -0.05) is 41.9 Å². The molecule has 2 heteroatoms. The molecule has 0 saturated heterocycles. The van der Waals surface area contributed by atoms with Crippen molar-refractivity contribution in [3.05, 3.63) is 65.2 Å². The van der Waals surface area contributed by atoms with Crippen molar-refractivity contribution in [3.8, 4) is 17.2 Å². The molecule has 2 aromatic carbocycles. The highest BCUT2D eigenvalue weighted by molar-refractivity contribution is 6.30. The molecule has 2 aromatic rings. The zero-order valence-corrected chi connectivity index (χ0v) is 9.85. The molecule has 0 unspecified atom stereocenters. The van der Waals surface area contributed by atoms with Gasteiger partial charge in [-0.3, -0.25) is 0 Å². The zero-order chi connectivity index (χ0) is 12.1. The van der Waals surface area contributed by atoms with Crippen molar-refractivity contribution >= 4 is 17.7 Å². The molecule has 2 rings (SSSR count). The SMILES string of the molecule is N#CC=Cc1cccc(-c2ccc(Cl)cc2)c1. The molecule has 0 spiro atoms. The second-order valence-electron chi connectivity index (χ2n) is 3.59. The van der Waals surface area contributed by atoms with Crippen LogP contribution in [0.25, 0.3) is 17.2 Å². The molecule has 0 saturated carbocycles. The van der Waals surface area contributed by atoms with Crippen LogP contribution in [0.5, 0.6) is 0 Å². The van der Waals surface area contributed by atoms with Crippen LogP contribution in [0.3, 0.4) is 0 Å². The van der Waals surface area contributed by atoms with Crippen molar-refractivity contribution in [2.24, 2.45) is 0 Å². The number of halogens is 1. The molecule has 1 nitrogen and oxygen atoms in total. The van der Waals surface area contributed by atoms with Gasteiger partial charge in [-0.05, 0) is 41.0 Å². The number of nitriles is 1. The van der Waals surface area contributed by atoms with E-state index in [-0.39, 0.29) is 0 Å². The normalized spacial score (nSPS) is 10.4. The van der Waals surface area contributed by atoms with Crippen LogP contribution in [0.15, 0.2) is 54.6 Å². The first-order valence-electron chi connectivity index (χ1n) is 5.22. The molecule has 82 valence electrons. The number of hydrogen-bond acceptors (Lipinski definition) is 1. The zero-order valence-electron chi connectivity index (χ0n) is 9.10. The molecule has 0 atom stereocenters. The summed E-state index contributed by atoms with van der Waals surface area (Å²) in [7, 11) is 0. The van der Waals surface area contributed by atoms with Gasteiger partial charge in [-0.15, -0.1) is 0 Å². The van der Waals surface area contributed by atoms with Crippen molar-refractivity contribution in [2.75, 3.05) is 0 Å². The molecule has 0 amide bonds. The van der Waals surface area contributed by atoms with E-state index in [1.807, 2.05) is 54.6 Å². The smallest absolute Gasteiger partial charge is 0.0912 e. The first-order valence-corrected chi connectivity index (χ1v) is 5.59. The molecular formula is C15H10ClN. The third-order valence-electron chi connectivity index (χ3n) is 2.41. The van der Waals surface area contributed by atoms with E-state index in [2.05, 4.69) is 0 Å². The van der Waals surface area contributed by atoms with Crippen molar-refractivity contribution < 1.29 is 0 Å². The maximum absolute atomic E-state index is 8.49. The molecule has 0 heterocycles. The summed E-state index contributed by atoms with van der Waals surface area (Å²) in [5, 5.41) is 9.22. The van der Waals surface area contributed by atoms with E-state index < -0.39 is 0 Å². The topological polar surface area (TPSA) is 23.8 Å². The van der Waals surface area contributed by atoms with Gasteiger partial charge in [0.15, 0.2) is 0 Å². The molecular weight excluding hydrogens is 230 g/mol. The molecule has 0 aliphatic carbocycles. The van der Waals surface area contributed by atoms with Gasteiger partial charge in [-0.25, -0.2) is 0 Å². The summed E-state index contributed by atoms with van der Waals surface area (Å²) in [5.41, 5.74) is 3.24. The number of rotatable bonds is 2. The number of allylic oxidation sites excluding steroid dienone is 1. The van der Waals surface area contributed by atoms with Crippen molar-refractivity contribution in [1.29, 1.82) is 5.26 Å². The average molecular weight is 240 g/mol. The van der Waals surface area contributed by atoms with Crippen LogP contribution in [0.1, 0.15) is 5.56 Å². The van der Waals surface area contributed by atoms with Crippen molar-refractivity contribution in [2.45, 2.75) is 0 Å². The molecule has 0 radical (unpaired) electrons. The van der Waals surface area contributed by atoms with Crippen LogP contribution < -0.4 is 0 Å². The standard InChI is InChI=1S/C15H10ClN/c16-15-8-6-13(7-9-15)14-5-1-3-12(11-14)4-2-10-17/h1-9,11H. The summed E-state index contributed by atoms with van der Waals surface area (Å²) in [6.45, 7) is 0. The molecule has 17 heavy (non-hydrogen) atoms. The predicted molar refractivity (Wildman–Crippen MR) is 71.5 cm³/mol. The number of benzene rings is 2. The van der Waals surface area contributed by atoms with Gasteiger partial charge in [0.05, 0.1) is 6.07 Å². The van der Waals surface area contributed by atoms with Crippen LogP contribution in [0.2, 0.25) is 5.02 Å². The van der Waals surface area contributed by atoms with E-state index in [1.54, 1.807) is 6.08 Å². The Balaban J connectivity index is 2.36. The highest BCUT2D eigenvalue weighted by atomic mass is 35.5. The fourth-order valence-electron chi connectivity index (χ4n) is 1.60. The van der Waals surface area contributed by atoms with Crippen LogP contribution in [-0.2, 0) is 0 Å². The van der Waals surface area contributed by atoms with Crippen LogP contribution in [0.4, 0.5) is 0 Å². The molecule has 0 aliphatic rings. The third-order valence-corrected chi connectivity index (χ3v) is 2.67. The van der Waals surface area contributed by atoms with Crippen molar-refractivity contribution in [3.63, 3.8) is 0 Å². The second kappa shape index (κ2) is 5.34. The van der Waals surface area contributed by atoms with E-state index in [9.17, 15) is 0 Å². The van der Waals surface area contributed by atoms with E-state index in [0.717, 1.165) is 21.7 Å². The molecule has 0 bridgehead atoms. The maximum atomic E-state index is 8.49. The highest BCUT2D eigenvalue weighted by Crippen LogP contribution is 2.22. The Morgan fingerprint density at radius 3 is 2.47 bits per heavy atom. The lowest BCUT2D eigenvalue weighted by Crippen LogP contribution is -1.79. The van der Waals surface area contributed by atoms with Crippen molar-refractivity contribution in [1.82, 2.24) is 0 Å². The first kappa shape index (κ1) is 11.4. The van der Waals surface area contributed by atoms with Gasteiger partial charge >= 0.3 is 0 Å². The number of hydrogen-bond donors (Lipinski definition) is 0. The summed E-state index contributed by atoms with van der Waals surface area (Å²) in [4.78, 5) is 0. The molecule has 0 fully saturated rings. The Bertz CT molecular complexity index is 577. The molecule has 0 N–H and O–H groups in total. The summed E-state index contributed by atoms with van der Waals surface area (Å²) < 4.78 is 0. The predicted octanol–water partition coefficient (Wildman–Crippen LogP) is 4.54. The summed E-state index contributed by atoms with van der Waals surface area (Å²) in [5.74, 6) is 0. The lowest BCUT2D eigenvalue weighted by Gasteiger charge is -2.03. The maximum Gasteiger partial charge on any atom is 0.0912 e. The highest BCUT2D eigenvalue weighted by Gasteiger charge is 1.97. The Morgan fingerprint density at radius 1 is 1.00 bits per heavy atom. The van der Waals surface area contributed by atoms with Crippen LogP contribution in [0, 0.1) is 11.3 Å². The minimum absolute atomic E-state index is 0.731. The van der Waals surface area contributed by atoms with E-state index >= 15 is 0 Å². The summed E-state index contributed by atoms with van der Waals surface area (Å²) in [6.07, 6.45) is 3.26. The quantitative estimate of drug-likeness (QED) is 0.706. The minimum Gasteiger partial charge on any atom is -0.193 e. The van der Waals surface area contributed by atoms with Gasteiger partial charge in [0.1, 0.15) is 0 Å². The van der Waals surface area contributed by atoms with Gasteiger partial charge in [-0.2, -0.15) is 5.26 Å². The average Bonchev–Trinajstić information content (AvgIpc) is 2.37. The summed E-state index contributed by atoms with van der Waals surface area (Å²) in [6, 6.07) is 17.7. The van der Waals surface area contributed by atoms with E-state index in [0.29, 0.717) is 0 Å². The van der Waals surface area contributed by atoms with Gasteiger partial charge < -0.3 is 0 Å². The number of nitrogens with zero attached hydrogens (tertiary/aromatic N) is 1. The largest absolute Gasteiger partial charge is 0.193 e. The Hall–Kier alpha value is -2.04. The summed E-state index contributed by atoms with van der Waals surface area (Å²) >= 11 is 5.85. The lowest BCUT2D eigenvalue weighted by molar-refractivity contribution is 1.53. The lowest BCUT2D eigenvalue weighted by atomic mass is 10.0. The molecule has 0 aliphatic heterocycles. The Kier molecular flexibility index (Phi) is 3.59. The third kappa shape index (κ3) is 2.96. The second-order valence-corrected chi connectivity index (χ2v) is 4.03. The fourth-order valence-corrected chi connectivity index (χ4v) is 1.72. The van der Waals surface area contributed by atoms with Gasteiger partial charge in [0.2, 0.25) is 0 Å². The van der Waals surface area contributed by atoms with Gasteiger partial charge in [0.25, 0.3) is 0 Å². The van der Waals surface area contributed by atoms with Crippen LogP contribution >= 0.6 is 11.6 Å². The van der Waals surface area contributed by atoms with E-state index in [4.69, 9.17) is 16.9 Å².